The normalized spacial score (nSPS) is 13.0. The van der Waals surface area contributed by atoms with Crippen molar-refractivity contribution < 1.29 is 34.5 Å². The predicted octanol–water partition coefficient (Wildman–Crippen LogP) is -1.92. The number of imidazole rings is 1. The molecule has 13 nitrogen and oxygen atoms in total. The fourth-order valence-electron chi connectivity index (χ4n) is 1.42. The maximum absolute atomic E-state index is 10.3. The van der Waals surface area contributed by atoms with Crippen LogP contribution >= 0.6 is 0 Å². The zero-order valence-electron chi connectivity index (χ0n) is 16.3. The molecule has 0 saturated heterocycles. The fraction of sp³-hybridized carbons (Fsp3) is 0.562. The predicted molar refractivity (Wildman–Crippen MR) is 102 cm³/mol. The molecule has 0 aliphatic heterocycles. The first-order valence-corrected chi connectivity index (χ1v) is 8.50. The van der Waals surface area contributed by atoms with Crippen molar-refractivity contribution in [3.8, 4) is 0 Å². The fourth-order valence-corrected chi connectivity index (χ4v) is 1.42. The highest BCUT2D eigenvalue weighted by atomic mass is 16.4. The minimum absolute atomic E-state index is 0.0208. The van der Waals surface area contributed by atoms with E-state index in [0.29, 0.717) is 5.69 Å². The van der Waals surface area contributed by atoms with Crippen molar-refractivity contribution in [1.29, 1.82) is 0 Å². The van der Waals surface area contributed by atoms with Crippen LogP contribution in [0.5, 0.6) is 0 Å². The molecule has 13 heteroatoms. The summed E-state index contributed by atoms with van der Waals surface area (Å²) in [6, 6.07) is -2.55. The number of primary amides is 1. The maximum Gasteiger partial charge on any atom is 0.320 e. The van der Waals surface area contributed by atoms with E-state index in [1.807, 2.05) is 0 Å². The van der Waals surface area contributed by atoms with Gasteiger partial charge in [0.05, 0.1) is 12.0 Å². The van der Waals surface area contributed by atoms with Crippen LogP contribution in [-0.2, 0) is 25.6 Å². The van der Waals surface area contributed by atoms with E-state index in [2.05, 4.69) is 9.97 Å². The van der Waals surface area contributed by atoms with E-state index in [1.54, 1.807) is 20.0 Å². The molecule has 0 radical (unpaired) electrons. The summed E-state index contributed by atoms with van der Waals surface area (Å²) in [7, 11) is 0. The molecule has 29 heavy (non-hydrogen) atoms. The quantitative estimate of drug-likeness (QED) is 0.219. The van der Waals surface area contributed by atoms with Crippen LogP contribution in [-0.4, -0.2) is 67.2 Å². The van der Waals surface area contributed by atoms with Crippen LogP contribution in [0.1, 0.15) is 32.4 Å². The van der Waals surface area contributed by atoms with E-state index < -0.39 is 41.9 Å². The van der Waals surface area contributed by atoms with Crippen molar-refractivity contribution >= 4 is 23.8 Å². The average molecular weight is 418 g/mol. The van der Waals surface area contributed by atoms with Crippen molar-refractivity contribution in [3.05, 3.63) is 18.2 Å². The van der Waals surface area contributed by atoms with Crippen LogP contribution in [0.3, 0.4) is 0 Å². The number of carboxylic acids is 3. The number of carbonyl (C=O) groups is 4. The first-order chi connectivity index (χ1) is 13.3. The van der Waals surface area contributed by atoms with Gasteiger partial charge < -0.3 is 43.2 Å². The van der Waals surface area contributed by atoms with Crippen LogP contribution < -0.4 is 22.9 Å². The van der Waals surface area contributed by atoms with Crippen molar-refractivity contribution in [3.63, 3.8) is 0 Å². The van der Waals surface area contributed by atoms with Gasteiger partial charge in [0.1, 0.15) is 18.1 Å². The highest BCUT2D eigenvalue weighted by Gasteiger charge is 2.14. The second kappa shape index (κ2) is 15.0. The molecule has 0 aromatic carbocycles. The minimum atomic E-state index is -1.11. The summed E-state index contributed by atoms with van der Waals surface area (Å²) in [4.78, 5) is 47.0. The summed E-state index contributed by atoms with van der Waals surface area (Å²) in [5.74, 6) is -3.56. The minimum Gasteiger partial charge on any atom is -0.480 e. The number of aliphatic carboxylic acids is 3. The third kappa shape index (κ3) is 15.7. The molecule has 0 spiro atoms. The lowest BCUT2D eigenvalue weighted by Gasteiger charge is -2.07. The number of aromatic amines is 1. The molecule has 0 saturated carbocycles. The Kier molecular flexibility index (Phi) is 14.5. The zero-order valence-corrected chi connectivity index (χ0v) is 16.3. The molecule has 0 aliphatic rings. The van der Waals surface area contributed by atoms with Gasteiger partial charge in [-0.05, 0) is 12.3 Å². The number of carboxylic acid groups (broad SMARTS) is 3. The number of nitrogens with one attached hydrogen (secondary N) is 1. The number of nitrogens with zero attached hydrogens (tertiary/aromatic N) is 1. The Morgan fingerprint density at radius 3 is 1.79 bits per heavy atom. The van der Waals surface area contributed by atoms with Crippen molar-refractivity contribution in [1.82, 2.24) is 9.97 Å². The molecule has 3 atom stereocenters. The Hall–Kier alpha value is -3.03. The van der Waals surface area contributed by atoms with E-state index in [-0.39, 0.29) is 25.2 Å². The van der Waals surface area contributed by atoms with Crippen LogP contribution in [0.4, 0.5) is 0 Å². The average Bonchev–Trinajstić information content (AvgIpc) is 3.12. The van der Waals surface area contributed by atoms with E-state index in [0.717, 1.165) is 0 Å². The molecule has 1 rings (SSSR count). The number of H-pyrrole nitrogens is 1. The molecular weight excluding hydrogens is 388 g/mol. The van der Waals surface area contributed by atoms with Crippen LogP contribution in [0.25, 0.3) is 0 Å². The molecule has 1 amide bonds. The SMILES string of the molecule is CC(C)C(N)C(=O)O.NC(=O)CCC(N)C(=O)O.NC(Cc1c[nH]cn1)C(=O)O. The van der Waals surface area contributed by atoms with Crippen molar-refractivity contribution in [2.24, 2.45) is 28.9 Å². The molecule has 1 aromatic heterocycles. The smallest absolute Gasteiger partial charge is 0.320 e. The first kappa shape index (κ1) is 28.2. The zero-order chi connectivity index (χ0) is 23.1. The molecule has 1 heterocycles. The van der Waals surface area contributed by atoms with Gasteiger partial charge in [-0.15, -0.1) is 0 Å². The van der Waals surface area contributed by atoms with Crippen LogP contribution in [0.15, 0.2) is 12.5 Å². The van der Waals surface area contributed by atoms with E-state index >= 15 is 0 Å². The van der Waals surface area contributed by atoms with Gasteiger partial charge in [0, 0.05) is 19.0 Å². The molecule has 1 aromatic rings. The summed E-state index contributed by atoms with van der Waals surface area (Å²) in [5.41, 5.74) is 20.9. The molecule has 0 fully saturated rings. The number of amides is 1. The topological polar surface area (TPSA) is 262 Å². The molecule has 166 valence electrons. The summed E-state index contributed by atoms with van der Waals surface area (Å²) in [5, 5.41) is 24.9. The largest absolute Gasteiger partial charge is 0.480 e. The standard InChI is InChI=1S/C6H9N3O2.C5H10N2O3.C5H11NO2/c7-5(6(10)11)1-4-2-8-3-9-4;6-3(5(9)10)1-2-4(7)8;1-3(2)4(6)5(7)8/h2-3,5H,1,7H2,(H,8,9)(H,10,11);3H,1-2,6H2,(H2,7,8)(H,9,10);3-4H,6H2,1-2H3,(H,7,8). The second-order valence-electron chi connectivity index (χ2n) is 6.27. The maximum atomic E-state index is 10.3. The van der Waals surface area contributed by atoms with Gasteiger partial charge in [-0.25, -0.2) is 4.98 Å². The molecule has 3 unspecified atom stereocenters. The Morgan fingerprint density at radius 1 is 1.00 bits per heavy atom. The van der Waals surface area contributed by atoms with Crippen molar-refractivity contribution in [2.75, 3.05) is 0 Å². The van der Waals surface area contributed by atoms with Crippen molar-refractivity contribution in [2.45, 2.75) is 51.2 Å². The Balaban J connectivity index is 0. The Morgan fingerprint density at radius 2 is 1.52 bits per heavy atom. The monoisotopic (exact) mass is 418 g/mol. The highest BCUT2D eigenvalue weighted by Crippen LogP contribution is 1.96. The highest BCUT2D eigenvalue weighted by molar-refractivity contribution is 5.77. The van der Waals surface area contributed by atoms with E-state index in [1.165, 1.54) is 6.33 Å². The third-order valence-corrected chi connectivity index (χ3v) is 3.32. The lowest BCUT2D eigenvalue weighted by atomic mass is 10.1. The number of aromatic nitrogens is 2. The number of hydrogen-bond acceptors (Lipinski definition) is 8. The van der Waals surface area contributed by atoms with Gasteiger partial charge in [0.25, 0.3) is 0 Å². The van der Waals surface area contributed by atoms with Crippen LogP contribution in [0, 0.1) is 5.92 Å². The van der Waals surface area contributed by atoms with E-state index in [4.69, 9.17) is 38.3 Å². The Labute approximate surface area is 167 Å². The first-order valence-electron chi connectivity index (χ1n) is 8.50. The van der Waals surface area contributed by atoms with E-state index in [9.17, 15) is 19.2 Å². The Bertz CT molecular complexity index is 636. The summed E-state index contributed by atoms with van der Waals surface area (Å²) in [6.07, 6.45) is 3.50. The van der Waals surface area contributed by atoms with Gasteiger partial charge in [-0.1, -0.05) is 13.8 Å². The molecule has 0 aliphatic carbocycles. The second-order valence-corrected chi connectivity index (χ2v) is 6.27. The number of hydrogen-bond donors (Lipinski definition) is 8. The molecule has 12 N–H and O–H groups in total. The number of carbonyl (C=O) groups excluding carboxylic acids is 1. The lowest BCUT2D eigenvalue weighted by Crippen LogP contribution is -2.34. The van der Waals surface area contributed by atoms with Gasteiger partial charge in [-0.2, -0.15) is 0 Å². The third-order valence-electron chi connectivity index (χ3n) is 3.32. The summed E-state index contributed by atoms with van der Waals surface area (Å²) >= 11 is 0. The summed E-state index contributed by atoms with van der Waals surface area (Å²) < 4.78 is 0. The number of rotatable bonds is 9. The van der Waals surface area contributed by atoms with Crippen LogP contribution in [0.2, 0.25) is 0 Å². The summed E-state index contributed by atoms with van der Waals surface area (Å²) in [6.45, 7) is 3.55. The number of nitrogens with two attached hydrogens (primary N) is 4. The van der Waals surface area contributed by atoms with Gasteiger partial charge in [0.15, 0.2) is 0 Å². The van der Waals surface area contributed by atoms with Gasteiger partial charge >= 0.3 is 17.9 Å². The van der Waals surface area contributed by atoms with Gasteiger partial charge in [-0.3, -0.25) is 19.2 Å². The molecular formula is C16H30N6O7. The lowest BCUT2D eigenvalue weighted by molar-refractivity contribution is -0.140. The van der Waals surface area contributed by atoms with Gasteiger partial charge in [0.2, 0.25) is 5.91 Å². The molecule has 0 bridgehead atoms.